The maximum Gasteiger partial charge on any atom is 0.114 e. The Morgan fingerprint density at radius 1 is 1.39 bits per heavy atom. The van der Waals surface area contributed by atoms with Crippen LogP contribution in [-0.2, 0) is 5.41 Å². The predicted octanol–water partition coefficient (Wildman–Crippen LogP) is 2.95. The van der Waals surface area contributed by atoms with Crippen molar-refractivity contribution in [2.75, 3.05) is 0 Å². The van der Waals surface area contributed by atoms with E-state index in [2.05, 4.69) is 37.9 Å². The summed E-state index contributed by atoms with van der Waals surface area (Å²) in [5, 5.41) is 0. The minimum Gasteiger partial charge on any atom is -0.341 e. The second-order valence-corrected chi connectivity index (χ2v) is 5.98. The van der Waals surface area contributed by atoms with Crippen LogP contribution in [0.5, 0.6) is 0 Å². The summed E-state index contributed by atoms with van der Waals surface area (Å²) < 4.78 is 0. The molecular weight excluding hydrogens is 222 g/mol. The van der Waals surface area contributed by atoms with Crippen molar-refractivity contribution >= 4 is 11.0 Å². The van der Waals surface area contributed by atoms with Gasteiger partial charge in [0.05, 0.1) is 11.0 Å². The molecule has 1 saturated carbocycles. The van der Waals surface area contributed by atoms with Gasteiger partial charge in [-0.05, 0) is 43.9 Å². The second-order valence-electron chi connectivity index (χ2n) is 5.98. The Morgan fingerprint density at radius 2 is 2.17 bits per heavy atom. The zero-order valence-corrected chi connectivity index (χ0v) is 11.4. The number of fused-ring (bicyclic) bond motifs is 1. The molecule has 3 rings (SSSR count). The van der Waals surface area contributed by atoms with Crippen molar-refractivity contribution < 1.29 is 0 Å². The summed E-state index contributed by atoms with van der Waals surface area (Å²) in [5.74, 6) is 1.07. The molecule has 0 bridgehead atoms. The summed E-state index contributed by atoms with van der Waals surface area (Å²) in [5.41, 5.74) is 11.0. The van der Waals surface area contributed by atoms with Crippen molar-refractivity contribution in [3.05, 3.63) is 29.1 Å². The Balaban J connectivity index is 2.17. The lowest BCUT2D eigenvalue weighted by molar-refractivity contribution is 0.409. The monoisotopic (exact) mass is 243 g/mol. The molecule has 18 heavy (non-hydrogen) atoms. The Labute approximate surface area is 108 Å². The first-order valence-electron chi connectivity index (χ1n) is 6.74. The van der Waals surface area contributed by atoms with Crippen molar-refractivity contribution in [3.63, 3.8) is 0 Å². The molecule has 1 aromatic carbocycles. The average molecular weight is 243 g/mol. The molecule has 1 fully saturated rings. The molecule has 0 saturated heterocycles. The number of aromatic nitrogens is 2. The molecule has 0 spiro atoms. The number of nitrogens with two attached hydrogens (primary N) is 1. The van der Waals surface area contributed by atoms with Crippen molar-refractivity contribution in [1.82, 2.24) is 9.97 Å². The van der Waals surface area contributed by atoms with E-state index in [1.165, 1.54) is 17.5 Å². The number of nitrogens with zero attached hydrogens (tertiary/aromatic N) is 1. The van der Waals surface area contributed by atoms with Crippen LogP contribution in [0.3, 0.4) is 0 Å². The van der Waals surface area contributed by atoms with Gasteiger partial charge >= 0.3 is 0 Å². The Kier molecular flexibility index (Phi) is 2.49. The quantitative estimate of drug-likeness (QED) is 0.809. The molecule has 2 unspecified atom stereocenters. The molecule has 3 heteroatoms. The first-order chi connectivity index (χ1) is 8.50. The molecule has 1 aliphatic rings. The van der Waals surface area contributed by atoms with E-state index in [9.17, 15) is 0 Å². The SMILES string of the molecule is Cc1cc(C)c2nc(C3(C)CCCC3N)[nH]c2c1. The van der Waals surface area contributed by atoms with Gasteiger partial charge in [-0.25, -0.2) is 4.98 Å². The van der Waals surface area contributed by atoms with Gasteiger partial charge in [-0.2, -0.15) is 0 Å². The summed E-state index contributed by atoms with van der Waals surface area (Å²) in [6, 6.07) is 4.58. The highest BCUT2D eigenvalue weighted by molar-refractivity contribution is 5.79. The van der Waals surface area contributed by atoms with Crippen molar-refractivity contribution in [2.24, 2.45) is 5.73 Å². The minimum atomic E-state index is 0.0133. The standard InChI is InChI=1S/C15H21N3/c1-9-7-10(2)13-11(8-9)17-14(18-13)15(3)6-4-5-12(15)16/h7-8,12H,4-6,16H2,1-3H3,(H,17,18). The topological polar surface area (TPSA) is 54.7 Å². The molecule has 3 N–H and O–H groups in total. The molecule has 3 nitrogen and oxygen atoms in total. The van der Waals surface area contributed by atoms with E-state index >= 15 is 0 Å². The number of aromatic amines is 1. The average Bonchev–Trinajstić information content (AvgIpc) is 2.85. The second kappa shape index (κ2) is 3.82. The van der Waals surface area contributed by atoms with Crippen LogP contribution in [0.2, 0.25) is 0 Å². The maximum absolute atomic E-state index is 6.28. The summed E-state index contributed by atoms with van der Waals surface area (Å²) >= 11 is 0. The third-order valence-electron chi connectivity index (χ3n) is 4.49. The van der Waals surface area contributed by atoms with Crippen LogP contribution in [0.1, 0.15) is 43.1 Å². The summed E-state index contributed by atoms with van der Waals surface area (Å²) in [6.45, 7) is 6.48. The molecule has 1 heterocycles. The zero-order valence-electron chi connectivity index (χ0n) is 11.4. The van der Waals surface area contributed by atoms with Gasteiger partial charge in [0.1, 0.15) is 5.82 Å². The van der Waals surface area contributed by atoms with Gasteiger partial charge in [0.2, 0.25) is 0 Å². The van der Waals surface area contributed by atoms with E-state index in [0.29, 0.717) is 0 Å². The lowest BCUT2D eigenvalue weighted by atomic mass is 9.84. The number of rotatable bonds is 1. The molecule has 0 aliphatic heterocycles. The fraction of sp³-hybridized carbons (Fsp3) is 0.533. The third-order valence-corrected chi connectivity index (χ3v) is 4.49. The van der Waals surface area contributed by atoms with E-state index in [0.717, 1.165) is 29.7 Å². The summed E-state index contributed by atoms with van der Waals surface area (Å²) in [4.78, 5) is 8.32. The fourth-order valence-corrected chi connectivity index (χ4v) is 3.23. The van der Waals surface area contributed by atoms with Crippen LogP contribution in [0.25, 0.3) is 11.0 Å². The number of hydrogen-bond donors (Lipinski definition) is 2. The highest BCUT2D eigenvalue weighted by Crippen LogP contribution is 2.39. The maximum atomic E-state index is 6.28. The third kappa shape index (κ3) is 1.57. The van der Waals surface area contributed by atoms with Crippen LogP contribution in [0, 0.1) is 13.8 Å². The van der Waals surface area contributed by atoms with E-state index < -0.39 is 0 Å². The van der Waals surface area contributed by atoms with Gasteiger partial charge in [0.15, 0.2) is 0 Å². The lowest BCUT2D eigenvalue weighted by Gasteiger charge is -2.26. The lowest BCUT2D eigenvalue weighted by Crippen LogP contribution is -2.39. The van der Waals surface area contributed by atoms with Crippen molar-refractivity contribution in [3.8, 4) is 0 Å². The number of aryl methyl sites for hydroxylation is 2. The van der Waals surface area contributed by atoms with Crippen molar-refractivity contribution in [1.29, 1.82) is 0 Å². The molecular formula is C15H21N3. The molecule has 2 aromatic rings. The van der Waals surface area contributed by atoms with E-state index in [1.807, 2.05) is 0 Å². The van der Waals surface area contributed by atoms with Crippen LogP contribution in [-0.4, -0.2) is 16.0 Å². The Hall–Kier alpha value is -1.35. The first-order valence-corrected chi connectivity index (χ1v) is 6.74. The normalized spacial score (nSPS) is 28.1. The van der Waals surface area contributed by atoms with Gasteiger partial charge in [-0.1, -0.05) is 19.4 Å². The van der Waals surface area contributed by atoms with Crippen LogP contribution >= 0.6 is 0 Å². The van der Waals surface area contributed by atoms with Gasteiger partial charge in [-0.15, -0.1) is 0 Å². The highest BCUT2D eigenvalue weighted by Gasteiger charge is 2.40. The molecule has 2 atom stereocenters. The molecule has 0 radical (unpaired) electrons. The van der Waals surface area contributed by atoms with Gasteiger partial charge in [-0.3, -0.25) is 0 Å². The number of imidazole rings is 1. The van der Waals surface area contributed by atoms with Crippen molar-refractivity contribution in [2.45, 2.75) is 51.5 Å². The Morgan fingerprint density at radius 3 is 2.83 bits per heavy atom. The molecule has 1 aromatic heterocycles. The Bertz CT molecular complexity index is 599. The van der Waals surface area contributed by atoms with Gasteiger partial charge in [0, 0.05) is 11.5 Å². The van der Waals surface area contributed by atoms with Gasteiger partial charge < -0.3 is 10.7 Å². The van der Waals surface area contributed by atoms with Crippen LogP contribution in [0.15, 0.2) is 12.1 Å². The number of nitrogens with one attached hydrogen (secondary N) is 1. The van der Waals surface area contributed by atoms with Gasteiger partial charge in [0.25, 0.3) is 0 Å². The largest absolute Gasteiger partial charge is 0.341 e. The smallest absolute Gasteiger partial charge is 0.114 e. The highest BCUT2D eigenvalue weighted by atomic mass is 15.0. The van der Waals surface area contributed by atoms with E-state index in [1.54, 1.807) is 0 Å². The van der Waals surface area contributed by atoms with Crippen LogP contribution < -0.4 is 5.73 Å². The fourth-order valence-electron chi connectivity index (χ4n) is 3.23. The van der Waals surface area contributed by atoms with Crippen LogP contribution in [0.4, 0.5) is 0 Å². The van der Waals surface area contributed by atoms with E-state index in [4.69, 9.17) is 10.7 Å². The number of hydrogen-bond acceptors (Lipinski definition) is 2. The molecule has 0 amide bonds. The van der Waals surface area contributed by atoms with E-state index in [-0.39, 0.29) is 11.5 Å². The molecule has 96 valence electrons. The number of benzene rings is 1. The number of H-pyrrole nitrogens is 1. The first kappa shape index (κ1) is 11.7. The summed E-state index contributed by atoms with van der Waals surface area (Å²) in [7, 11) is 0. The zero-order chi connectivity index (χ0) is 12.9. The minimum absolute atomic E-state index is 0.0133. The predicted molar refractivity (Wildman–Crippen MR) is 74.7 cm³/mol. The summed E-state index contributed by atoms with van der Waals surface area (Å²) in [6.07, 6.45) is 3.43. The molecule has 1 aliphatic carbocycles.